The second kappa shape index (κ2) is 11.5. The van der Waals surface area contributed by atoms with Crippen LogP contribution in [0.1, 0.15) is 119 Å². The largest absolute Gasteiger partial charge is 0.487 e. The summed E-state index contributed by atoms with van der Waals surface area (Å²) in [4.78, 5) is 12.4. The van der Waals surface area contributed by atoms with Gasteiger partial charge >= 0.3 is 0 Å². The Morgan fingerprint density at radius 1 is 0.903 bits per heavy atom. The van der Waals surface area contributed by atoms with Gasteiger partial charge in [-0.3, -0.25) is 4.79 Å². The quantitative estimate of drug-likeness (QED) is 0.290. The van der Waals surface area contributed by atoms with E-state index in [1.54, 1.807) is 0 Å². The van der Waals surface area contributed by atoms with Gasteiger partial charge in [-0.1, -0.05) is 79.2 Å². The zero-order chi connectivity index (χ0) is 23.2. The van der Waals surface area contributed by atoms with E-state index in [9.17, 15) is 4.79 Å². The SMILES string of the molecule is C=C1C(=O)C(C)=C(C)C2=C1CCC(C)(CCCC(C)CCCC(C)CCCC(C)C)O2. The number of carbonyl (C=O) groups is 1. The molecule has 0 spiro atoms. The molecule has 3 atom stereocenters. The molecule has 0 radical (unpaired) electrons. The average molecular weight is 429 g/mol. The van der Waals surface area contributed by atoms with E-state index in [0.717, 1.165) is 59.5 Å². The van der Waals surface area contributed by atoms with E-state index >= 15 is 0 Å². The molecular formula is C29H48O2. The maximum Gasteiger partial charge on any atom is 0.188 e. The number of hydrogen-bond acceptors (Lipinski definition) is 2. The third-order valence-corrected chi connectivity index (χ3v) is 7.68. The Balaban J connectivity index is 1.72. The molecule has 31 heavy (non-hydrogen) atoms. The molecule has 1 aliphatic heterocycles. The molecule has 2 rings (SSSR count). The molecule has 176 valence electrons. The van der Waals surface area contributed by atoms with Crippen molar-refractivity contribution in [3.63, 3.8) is 0 Å². The van der Waals surface area contributed by atoms with Gasteiger partial charge in [-0.05, 0) is 69.8 Å². The van der Waals surface area contributed by atoms with E-state index in [0.29, 0.717) is 5.57 Å². The van der Waals surface area contributed by atoms with E-state index in [1.165, 1.54) is 51.4 Å². The first kappa shape index (κ1) is 25.9. The molecule has 0 fully saturated rings. The van der Waals surface area contributed by atoms with Crippen LogP contribution in [0.25, 0.3) is 0 Å². The maximum atomic E-state index is 12.4. The van der Waals surface area contributed by atoms with Gasteiger partial charge in [0.2, 0.25) is 0 Å². The lowest BCUT2D eigenvalue weighted by Crippen LogP contribution is -2.35. The molecule has 0 saturated heterocycles. The molecular weight excluding hydrogens is 380 g/mol. The Kier molecular flexibility index (Phi) is 9.65. The third-order valence-electron chi connectivity index (χ3n) is 7.68. The predicted octanol–water partition coefficient (Wildman–Crippen LogP) is 8.72. The van der Waals surface area contributed by atoms with Crippen LogP contribution in [-0.4, -0.2) is 11.4 Å². The van der Waals surface area contributed by atoms with Crippen molar-refractivity contribution >= 4 is 5.78 Å². The van der Waals surface area contributed by atoms with Crippen LogP contribution in [0.3, 0.4) is 0 Å². The highest BCUT2D eigenvalue weighted by molar-refractivity contribution is 6.12. The molecule has 0 aromatic heterocycles. The summed E-state index contributed by atoms with van der Waals surface area (Å²) < 4.78 is 6.54. The number of rotatable bonds is 12. The lowest BCUT2D eigenvalue weighted by Gasteiger charge is -2.40. The summed E-state index contributed by atoms with van der Waals surface area (Å²) in [6.45, 7) is 19.7. The van der Waals surface area contributed by atoms with Gasteiger partial charge in [-0.15, -0.1) is 0 Å². The monoisotopic (exact) mass is 428 g/mol. The lowest BCUT2D eigenvalue weighted by molar-refractivity contribution is -0.112. The first-order chi connectivity index (χ1) is 14.5. The Morgan fingerprint density at radius 3 is 2.03 bits per heavy atom. The van der Waals surface area contributed by atoms with Crippen LogP contribution in [0, 0.1) is 17.8 Å². The molecule has 0 N–H and O–H groups in total. The van der Waals surface area contributed by atoms with Gasteiger partial charge in [0.1, 0.15) is 11.4 Å². The topological polar surface area (TPSA) is 26.3 Å². The second-order valence-electron chi connectivity index (χ2n) is 11.3. The van der Waals surface area contributed by atoms with E-state index in [1.807, 2.05) is 13.8 Å². The van der Waals surface area contributed by atoms with Crippen molar-refractivity contribution in [3.8, 4) is 0 Å². The van der Waals surface area contributed by atoms with Crippen LogP contribution < -0.4 is 0 Å². The number of allylic oxidation sites excluding steroid dienone is 4. The van der Waals surface area contributed by atoms with E-state index in [4.69, 9.17) is 4.74 Å². The molecule has 0 saturated carbocycles. The van der Waals surface area contributed by atoms with Gasteiger partial charge in [-0.25, -0.2) is 0 Å². The molecule has 0 aromatic rings. The highest BCUT2D eigenvalue weighted by atomic mass is 16.5. The molecule has 0 amide bonds. The van der Waals surface area contributed by atoms with Crippen LogP contribution in [-0.2, 0) is 9.53 Å². The molecule has 0 aromatic carbocycles. The third kappa shape index (κ3) is 7.36. The van der Waals surface area contributed by atoms with Crippen LogP contribution in [0.5, 0.6) is 0 Å². The minimum atomic E-state index is -0.119. The van der Waals surface area contributed by atoms with Crippen molar-refractivity contribution < 1.29 is 9.53 Å². The van der Waals surface area contributed by atoms with Crippen molar-refractivity contribution in [2.24, 2.45) is 17.8 Å². The fraction of sp³-hybridized carbons (Fsp3) is 0.759. The van der Waals surface area contributed by atoms with Gasteiger partial charge in [0.05, 0.1) is 0 Å². The Hall–Kier alpha value is -1.31. The molecule has 1 heterocycles. The lowest BCUT2D eigenvalue weighted by atomic mass is 9.79. The molecule has 1 aliphatic carbocycles. The minimum absolute atomic E-state index is 0.0894. The van der Waals surface area contributed by atoms with Crippen LogP contribution in [0.4, 0.5) is 0 Å². The Labute approximate surface area is 192 Å². The smallest absolute Gasteiger partial charge is 0.188 e. The summed E-state index contributed by atoms with van der Waals surface area (Å²) in [6.07, 6.45) is 13.7. The number of ether oxygens (including phenoxy) is 1. The fourth-order valence-corrected chi connectivity index (χ4v) is 5.14. The van der Waals surface area contributed by atoms with E-state index in [2.05, 4.69) is 41.2 Å². The minimum Gasteiger partial charge on any atom is -0.487 e. The molecule has 0 bridgehead atoms. The summed E-state index contributed by atoms with van der Waals surface area (Å²) in [5, 5.41) is 0. The summed E-state index contributed by atoms with van der Waals surface area (Å²) in [5.74, 6) is 3.54. The van der Waals surface area contributed by atoms with Crippen molar-refractivity contribution in [3.05, 3.63) is 34.6 Å². The zero-order valence-electron chi connectivity index (χ0n) is 21.5. The van der Waals surface area contributed by atoms with E-state index < -0.39 is 0 Å². The average Bonchev–Trinajstić information content (AvgIpc) is 2.70. The van der Waals surface area contributed by atoms with Crippen molar-refractivity contribution in [1.82, 2.24) is 0 Å². The first-order valence-electron chi connectivity index (χ1n) is 12.9. The first-order valence-corrected chi connectivity index (χ1v) is 12.9. The number of Topliss-reactive ketones (excluding diaryl/α,β-unsaturated/α-hetero) is 1. The van der Waals surface area contributed by atoms with Crippen LogP contribution in [0.2, 0.25) is 0 Å². The second-order valence-corrected chi connectivity index (χ2v) is 11.3. The Bertz CT molecular complexity index is 708. The molecule has 2 heteroatoms. The van der Waals surface area contributed by atoms with E-state index in [-0.39, 0.29) is 11.4 Å². The van der Waals surface area contributed by atoms with Crippen LogP contribution >= 0.6 is 0 Å². The van der Waals surface area contributed by atoms with Gasteiger partial charge in [0, 0.05) is 16.7 Å². The normalized spacial score (nSPS) is 23.9. The summed E-state index contributed by atoms with van der Waals surface area (Å²) in [5.41, 5.74) is 3.37. The number of hydrogen-bond donors (Lipinski definition) is 0. The van der Waals surface area contributed by atoms with Crippen molar-refractivity contribution in [1.29, 1.82) is 0 Å². The standard InChI is InChI=1S/C29H48O2/c1-20(2)12-9-13-21(3)14-10-15-22(4)16-11-18-29(8)19-17-26-25(7)27(30)23(5)24(6)28(26)31-29/h20-22H,7,9-19H2,1-6,8H3. The van der Waals surface area contributed by atoms with Crippen molar-refractivity contribution in [2.45, 2.75) is 125 Å². The highest BCUT2D eigenvalue weighted by Gasteiger charge is 2.38. The van der Waals surface area contributed by atoms with Crippen LogP contribution in [0.15, 0.2) is 34.6 Å². The Morgan fingerprint density at radius 2 is 1.45 bits per heavy atom. The van der Waals surface area contributed by atoms with Gasteiger partial charge in [0.25, 0.3) is 0 Å². The summed E-state index contributed by atoms with van der Waals surface area (Å²) in [6, 6.07) is 0. The molecule has 2 aliphatic rings. The number of ketones is 1. The molecule has 3 unspecified atom stereocenters. The maximum absolute atomic E-state index is 12.4. The fourth-order valence-electron chi connectivity index (χ4n) is 5.14. The van der Waals surface area contributed by atoms with Gasteiger partial charge < -0.3 is 4.74 Å². The molecule has 2 nitrogen and oxygen atoms in total. The predicted molar refractivity (Wildman–Crippen MR) is 133 cm³/mol. The van der Waals surface area contributed by atoms with Crippen molar-refractivity contribution in [2.75, 3.05) is 0 Å². The van der Waals surface area contributed by atoms with Gasteiger partial charge in [-0.2, -0.15) is 0 Å². The highest BCUT2D eigenvalue weighted by Crippen LogP contribution is 2.43. The summed E-state index contributed by atoms with van der Waals surface area (Å²) >= 11 is 0. The van der Waals surface area contributed by atoms with Gasteiger partial charge in [0.15, 0.2) is 5.78 Å². The zero-order valence-corrected chi connectivity index (χ0v) is 21.5. The summed E-state index contributed by atoms with van der Waals surface area (Å²) in [7, 11) is 0. The number of carbonyl (C=O) groups excluding carboxylic acids is 1.